The third-order valence-corrected chi connectivity index (χ3v) is 9.59. The van der Waals surface area contributed by atoms with Crippen molar-refractivity contribution in [2.24, 2.45) is 0 Å². The van der Waals surface area contributed by atoms with Gasteiger partial charge in [0.25, 0.3) is 0 Å². The molecular weight excluding hydrogens is 455 g/mol. The zero-order valence-corrected chi connectivity index (χ0v) is 19.2. The van der Waals surface area contributed by atoms with E-state index >= 15 is 0 Å². The summed E-state index contributed by atoms with van der Waals surface area (Å²) in [5, 5.41) is 0.315. The molecule has 0 saturated carbocycles. The van der Waals surface area contributed by atoms with Gasteiger partial charge >= 0.3 is 0 Å². The minimum absolute atomic E-state index is 0.0302. The first kappa shape index (κ1) is 22.5. The Morgan fingerprint density at radius 3 is 1.41 bits per heavy atom. The van der Waals surface area contributed by atoms with E-state index in [0.717, 1.165) is 11.1 Å². The molecule has 158 valence electrons. The molecule has 2 aromatic rings. The molecule has 29 heavy (non-hydrogen) atoms. The minimum atomic E-state index is -3.83. The summed E-state index contributed by atoms with van der Waals surface area (Å²) in [6, 6.07) is 9.54. The number of hydrogen-bond acceptors (Lipinski definition) is 4. The Labute approximate surface area is 182 Å². The van der Waals surface area contributed by atoms with Crippen molar-refractivity contribution >= 4 is 43.2 Å². The second-order valence-corrected chi connectivity index (χ2v) is 11.7. The Kier molecular flexibility index (Phi) is 6.62. The Morgan fingerprint density at radius 1 is 0.690 bits per heavy atom. The van der Waals surface area contributed by atoms with Crippen LogP contribution in [0.1, 0.15) is 17.5 Å². The molecule has 0 spiro atoms. The SMILES string of the molecule is Cc1ccc(S(=O)(=O)N2CCCN(S(=O)(=O)c3ccc(C)cc3Cl)CC2)c(Cl)c1. The molecule has 1 aliphatic rings. The van der Waals surface area contributed by atoms with Crippen LogP contribution in [0.4, 0.5) is 0 Å². The van der Waals surface area contributed by atoms with E-state index in [4.69, 9.17) is 23.2 Å². The van der Waals surface area contributed by atoms with Gasteiger partial charge in [0.15, 0.2) is 0 Å². The van der Waals surface area contributed by atoms with Crippen LogP contribution in [0, 0.1) is 13.8 Å². The van der Waals surface area contributed by atoms with E-state index in [1.54, 1.807) is 24.3 Å². The standard InChI is InChI=1S/C19H22Cl2N2O4S2/c1-14-4-6-18(16(20)12-14)28(24,25)22-8-3-9-23(11-10-22)29(26,27)19-7-5-15(2)13-17(19)21/h4-7,12-13H,3,8-11H2,1-2H3. The van der Waals surface area contributed by atoms with Crippen molar-refractivity contribution in [3.63, 3.8) is 0 Å². The molecule has 2 aromatic carbocycles. The number of hydrogen-bond donors (Lipinski definition) is 0. The number of rotatable bonds is 4. The maximum atomic E-state index is 13.0. The van der Waals surface area contributed by atoms with Gasteiger partial charge < -0.3 is 0 Å². The fraction of sp³-hybridized carbons (Fsp3) is 0.368. The Morgan fingerprint density at radius 2 is 1.07 bits per heavy atom. The summed E-state index contributed by atoms with van der Waals surface area (Å²) in [5.41, 5.74) is 1.72. The van der Waals surface area contributed by atoms with Gasteiger partial charge in [0, 0.05) is 26.2 Å². The molecule has 1 aliphatic heterocycles. The van der Waals surface area contributed by atoms with Crippen LogP contribution in [-0.4, -0.2) is 51.6 Å². The van der Waals surface area contributed by atoms with Crippen LogP contribution < -0.4 is 0 Å². The Bertz CT molecular complexity index is 1050. The van der Waals surface area contributed by atoms with Gasteiger partial charge in [0.1, 0.15) is 9.79 Å². The van der Waals surface area contributed by atoms with Crippen molar-refractivity contribution in [3.8, 4) is 0 Å². The fourth-order valence-electron chi connectivity index (χ4n) is 3.26. The lowest BCUT2D eigenvalue weighted by atomic mass is 10.2. The largest absolute Gasteiger partial charge is 0.244 e. The molecule has 0 atom stereocenters. The fourth-order valence-corrected chi connectivity index (χ4v) is 7.34. The maximum absolute atomic E-state index is 13.0. The summed E-state index contributed by atoms with van der Waals surface area (Å²) in [4.78, 5) is 0.0605. The Hall–Kier alpha value is -1.16. The van der Waals surface area contributed by atoms with E-state index in [1.165, 1.54) is 20.7 Å². The average Bonchev–Trinajstić information content (AvgIpc) is 2.88. The molecule has 3 rings (SSSR count). The van der Waals surface area contributed by atoms with Gasteiger partial charge in [0.05, 0.1) is 10.0 Å². The number of benzene rings is 2. The molecule has 1 saturated heterocycles. The van der Waals surface area contributed by atoms with E-state index in [2.05, 4.69) is 0 Å². The topological polar surface area (TPSA) is 74.8 Å². The zero-order chi connectivity index (χ0) is 21.4. The van der Waals surface area contributed by atoms with E-state index < -0.39 is 20.0 Å². The molecule has 1 fully saturated rings. The second kappa shape index (κ2) is 8.53. The summed E-state index contributed by atoms with van der Waals surface area (Å²) >= 11 is 12.3. The predicted octanol–water partition coefficient (Wildman–Crippen LogP) is 3.70. The molecule has 0 bridgehead atoms. The van der Waals surface area contributed by atoms with Crippen molar-refractivity contribution < 1.29 is 16.8 Å². The smallest absolute Gasteiger partial charge is 0.207 e. The van der Waals surface area contributed by atoms with Crippen LogP contribution in [-0.2, 0) is 20.0 Å². The minimum Gasteiger partial charge on any atom is -0.207 e. The summed E-state index contributed by atoms with van der Waals surface area (Å²) in [5.74, 6) is 0. The first-order chi connectivity index (χ1) is 13.5. The number of nitrogens with zero attached hydrogens (tertiary/aromatic N) is 2. The number of sulfonamides is 2. The molecule has 0 aromatic heterocycles. The highest BCUT2D eigenvalue weighted by Gasteiger charge is 2.33. The first-order valence-corrected chi connectivity index (χ1v) is 12.7. The lowest BCUT2D eigenvalue weighted by Gasteiger charge is -2.22. The van der Waals surface area contributed by atoms with E-state index in [1.807, 2.05) is 13.8 Å². The van der Waals surface area contributed by atoms with E-state index in [-0.39, 0.29) is 46.0 Å². The van der Waals surface area contributed by atoms with Crippen LogP contribution in [0.15, 0.2) is 46.2 Å². The van der Waals surface area contributed by atoms with Gasteiger partial charge in [-0.05, 0) is 55.7 Å². The predicted molar refractivity (Wildman–Crippen MR) is 115 cm³/mol. The lowest BCUT2D eigenvalue weighted by Crippen LogP contribution is -2.37. The Balaban J connectivity index is 1.85. The normalized spacial score (nSPS) is 17.2. The summed E-state index contributed by atoms with van der Waals surface area (Å²) in [6.07, 6.45) is 0.366. The van der Waals surface area contributed by atoms with Gasteiger partial charge in [-0.3, -0.25) is 0 Å². The number of aryl methyl sites for hydroxylation is 2. The third-order valence-electron chi connectivity index (χ3n) is 4.82. The second-order valence-electron chi connectivity index (χ2n) is 7.03. The van der Waals surface area contributed by atoms with E-state index in [0.29, 0.717) is 6.42 Å². The molecule has 0 aliphatic carbocycles. The van der Waals surface area contributed by atoms with Crippen molar-refractivity contribution in [1.82, 2.24) is 8.61 Å². The van der Waals surface area contributed by atoms with Gasteiger partial charge in [-0.1, -0.05) is 35.3 Å². The van der Waals surface area contributed by atoms with E-state index in [9.17, 15) is 16.8 Å². The molecule has 0 unspecified atom stereocenters. The first-order valence-electron chi connectivity index (χ1n) is 9.06. The number of halogens is 2. The van der Waals surface area contributed by atoms with Gasteiger partial charge in [0.2, 0.25) is 20.0 Å². The third kappa shape index (κ3) is 4.62. The molecule has 0 N–H and O–H groups in total. The average molecular weight is 477 g/mol. The molecular formula is C19H22Cl2N2O4S2. The highest BCUT2D eigenvalue weighted by atomic mass is 35.5. The van der Waals surface area contributed by atoms with Gasteiger partial charge in [-0.25, -0.2) is 16.8 Å². The molecule has 10 heteroatoms. The van der Waals surface area contributed by atoms with Crippen LogP contribution in [0.25, 0.3) is 0 Å². The zero-order valence-electron chi connectivity index (χ0n) is 16.1. The van der Waals surface area contributed by atoms with Crippen molar-refractivity contribution in [2.45, 2.75) is 30.1 Å². The molecule has 0 radical (unpaired) electrons. The molecule has 0 amide bonds. The summed E-state index contributed by atoms with van der Waals surface area (Å²) in [6.45, 7) is 4.14. The molecule has 6 nitrogen and oxygen atoms in total. The summed E-state index contributed by atoms with van der Waals surface area (Å²) < 4.78 is 54.7. The highest BCUT2D eigenvalue weighted by Crippen LogP contribution is 2.29. The van der Waals surface area contributed by atoms with Crippen molar-refractivity contribution in [1.29, 1.82) is 0 Å². The summed E-state index contributed by atoms with van der Waals surface area (Å²) in [7, 11) is -7.65. The molecule has 1 heterocycles. The quantitative estimate of drug-likeness (QED) is 0.673. The van der Waals surface area contributed by atoms with Crippen molar-refractivity contribution in [3.05, 3.63) is 57.6 Å². The monoisotopic (exact) mass is 476 g/mol. The van der Waals surface area contributed by atoms with Crippen LogP contribution in [0.3, 0.4) is 0 Å². The lowest BCUT2D eigenvalue weighted by molar-refractivity contribution is 0.404. The van der Waals surface area contributed by atoms with Crippen LogP contribution >= 0.6 is 23.2 Å². The highest BCUT2D eigenvalue weighted by molar-refractivity contribution is 7.89. The van der Waals surface area contributed by atoms with Crippen LogP contribution in [0.2, 0.25) is 10.0 Å². The maximum Gasteiger partial charge on any atom is 0.244 e. The van der Waals surface area contributed by atoms with Crippen molar-refractivity contribution in [2.75, 3.05) is 26.2 Å². The van der Waals surface area contributed by atoms with Gasteiger partial charge in [-0.15, -0.1) is 0 Å². The van der Waals surface area contributed by atoms with Gasteiger partial charge in [-0.2, -0.15) is 8.61 Å². The van der Waals surface area contributed by atoms with Crippen LogP contribution in [0.5, 0.6) is 0 Å².